The number of nitrogens with one attached hydrogen (secondary N) is 1. The third kappa shape index (κ3) is 4.03. The Morgan fingerprint density at radius 1 is 1.03 bits per heavy atom. The highest BCUT2D eigenvalue weighted by Crippen LogP contribution is 2.30. The van der Waals surface area contributed by atoms with E-state index in [9.17, 15) is 4.79 Å². The minimum atomic E-state index is 0.133. The molecule has 1 aliphatic heterocycles. The van der Waals surface area contributed by atoms with Crippen LogP contribution in [0.2, 0.25) is 0 Å². The molecule has 0 spiro atoms. The first-order valence-corrected chi connectivity index (χ1v) is 10.9. The van der Waals surface area contributed by atoms with Crippen LogP contribution in [0.1, 0.15) is 37.1 Å². The summed E-state index contributed by atoms with van der Waals surface area (Å²) in [6, 6.07) is 13.3. The molecule has 2 atom stereocenters. The van der Waals surface area contributed by atoms with Crippen molar-refractivity contribution in [3.05, 3.63) is 71.9 Å². The normalized spacial score (nSPS) is 21.4. The number of Topliss-reactive ketones (excluding diaryl/α,β-unsaturated/α-hetero) is 1. The Morgan fingerprint density at radius 3 is 2.65 bits per heavy atom. The number of nitrogens with zero attached hydrogens (tertiary/aromatic N) is 4. The van der Waals surface area contributed by atoms with E-state index in [1.807, 2.05) is 35.0 Å². The van der Waals surface area contributed by atoms with Gasteiger partial charge in [-0.2, -0.15) is 0 Å². The van der Waals surface area contributed by atoms with Gasteiger partial charge in [-0.1, -0.05) is 12.1 Å². The molecule has 0 amide bonds. The lowest BCUT2D eigenvalue weighted by atomic mass is 10.0. The first-order valence-electron chi connectivity index (χ1n) is 10.9. The fraction of sp³-hybridized carbons (Fsp3) is 0.320. The molecule has 1 N–H and O–H groups in total. The number of ketones is 1. The Hall–Kier alpha value is -3.25. The molecule has 2 aliphatic rings. The van der Waals surface area contributed by atoms with Crippen LogP contribution in [-0.2, 0) is 11.2 Å². The Kier molecular flexibility index (Phi) is 5.16. The standard InChI is InChI=1S/C25H27N5O/c1-17-13-29(14-18(2)28-17)21-8-6-20-12-22(24(31)9-7-19(20)11-21)23-15-30(16-27-23)25-5-3-4-10-26-25/h3-6,8,10-12,15-18,28H,7,9,13-14H2,1-2H3/t17-,18+. The molecular formula is C25H27N5O. The molecule has 1 aromatic carbocycles. The van der Waals surface area contributed by atoms with Gasteiger partial charge in [-0.3, -0.25) is 9.36 Å². The summed E-state index contributed by atoms with van der Waals surface area (Å²) < 4.78 is 1.85. The number of aryl methyl sites for hydroxylation is 1. The number of pyridine rings is 1. The Labute approximate surface area is 182 Å². The van der Waals surface area contributed by atoms with Gasteiger partial charge < -0.3 is 10.2 Å². The van der Waals surface area contributed by atoms with Crippen LogP contribution in [-0.4, -0.2) is 45.5 Å². The Bertz CT molecular complexity index is 1120. The number of anilines is 1. The van der Waals surface area contributed by atoms with Crippen molar-refractivity contribution in [1.82, 2.24) is 19.9 Å². The van der Waals surface area contributed by atoms with Gasteiger partial charge in [-0.05, 0) is 61.7 Å². The lowest BCUT2D eigenvalue weighted by Crippen LogP contribution is -2.54. The average Bonchev–Trinajstić information content (AvgIpc) is 3.19. The maximum absolute atomic E-state index is 12.9. The van der Waals surface area contributed by atoms with Gasteiger partial charge in [-0.15, -0.1) is 0 Å². The molecule has 0 unspecified atom stereocenters. The van der Waals surface area contributed by atoms with E-state index in [1.165, 1.54) is 11.3 Å². The second-order valence-electron chi connectivity index (χ2n) is 8.59. The molecule has 0 radical (unpaired) electrons. The zero-order chi connectivity index (χ0) is 21.4. The SMILES string of the molecule is C[C@@H]1CN(c2ccc3c(c2)CCC(=O)C(c2cn(-c4ccccn4)cn2)=C3)C[C@H](C)N1. The lowest BCUT2D eigenvalue weighted by molar-refractivity contribution is -0.113. The fourth-order valence-electron chi connectivity index (χ4n) is 4.61. The molecule has 0 saturated carbocycles. The predicted molar refractivity (Wildman–Crippen MR) is 123 cm³/mol. The summed E-state index contributed by atoms with van der Waals surface area (Å²) in [6.45, 7) is 6.44. The summed E-state index contributed by atoms with van der Waals surface area (Å²) in [7, 11) is 0. The summed E-state index contributed by atoms with van der Waals surface area (Å²) in [6.07, 6.45) is 8.59. The number of allylic oxidation sites excluding steroid dienone is 1. The highest BCUT2D eigenvalue weighted by atomic mass is 16.1. The molecule has 1 fully saturated rings. The van der Waals surface area contributed by atoms with E-state index in [1.54, 1.807) is 12.5 Å². The van der Waals surface area contributed by atoms with Crippen molar-refractivity contribution in [2.75, 3.05) is 18.0 Å². The predicted octanol–water partition coefficient (Wildman–Crippen LogP) is 3.51. The number of carbonyl (C=O) groups excluding carboxylic acids is 1. The van der Waals surface area contributed by atoms with Crippen molar-refractivity contribution >= 4 is 23.1 Å². The minimum absolute atomic E-state index is 0.133. The third-order valence-electron chi connectivity index (χ3n) is 6.04. The first kappa shape index (κ1) is 19.7. The smallest absolute Gasteiger partial charge is 0.165 e. The second kappa shape index (κ2) is 8.12. The molecular weight excluding hydrogens is 386 g/mol. The molecule has 6 nitrogen and oxygen atoms in total. The van der Waals surface area contributed by atoms with Gasteiger partial charge in [0.25, 0.3) is 0 Å². The third-order valence-corrected chi connectivity index (χ3v) is 6.04. The molecule has 1 aliphatic carbocycles. The number of hydrogen-bond acceptors (Lipinski definition) is 5. The molecule has 158 valence electrons. The maximum atomic E-state index is 12.9. The maximum Gasteiger partial charge on any atom is 0.165 e. The highest BCUT2D eigenvalue weighted by Gasteiger charge is 2.23. The van der Waals surface area contributed by atoms with Crippen LogP contribution in [0.4, 0.5) is 5.69 Å². The van der Waals surface area contributed by atoms with Gasteiger partial charge in [0.15, 0.2) is 5.78 Å². The van der Waals surface area contributed by atoms with Crippen molar-refractivity contribution in [2.45, 2.75) is 38.8 Å². The van der Waals surface area contributed by atoms with Gasteiger partial charge >= 0.3 is 0 Å². The van der Waals surface area contributed by atoms with Gasteiger partial charge in [0.1, 0.15) is 12.1 Å². The number of hydrogen-bond donors (Lipinski definition) is 1. The Morgan fingerprint density at radius 2 is 1.87 bits per heavy atom. The summed E-state index contributed by atoms with van der Waals surface area (Å²) in [5.74, 6) is 0.917. The van der Waals surface area contributed by atoms with Gasteiger partial charge in [0, 0.05) is 55.2 Å². The second-order valence-corrected chi connectivity index (χ2v) is 8.59. The van der Waals surface area contributed by atoms with Crippen LogP contribution in [0.5, 0.6) is 0 Å². The van der Waals surface area contributed by atoms with Crippen molar-refractivity contribution in [3.8, 4) is 5.82 Å². The van der Waals surface area contributed by atoms with E-state index in [2.05, 4.69) is 52.2 Å². The van der Waals surface area contributed by atoms with E-state index in [-0.39, 0.29) is 5.78 Å². The van der Waals surface area contributed by atoms with Crippen LogP contribution in [0.3, 0.4) is 0 Å². The number of piperazine rings is 1. The van der Waals surface area contributed by atoms with Gasteiger partial charge in [0.05, 0.1) is 5.69 Å². The van der Waals surface area contributed by atoms with Gasteiger partial charge in [0.2, 0.25) is 0 Å². The monoisotopic (exact) mass is 413 g/mol. The molecule has 31 heavy (non-hydrogen) atoms. The molecule has 1 saturated heterocycles. The van der Waals surface area contributed by atoms with Crippen molar-refractivity contribution in [1.29, 1.82) is 0 Å². The van der Waals surface area contributed by atoms with Crippen LogP contribution in [0.15, 0.2) is 55.1 Å². The zero-order valence-corrected chi connectivity index (χ0v) is 18.0. The molecule has 0 bridgehead atoms. The summed E-state index contributed by atoms with van der Waals surface area (Å²) >= 11 is 0. The summed E-state index contributed by atoms with van der Waals surface area (Å²) in [5.41, 5.74) is 4.93. The highest BCUT2D eigenvalue weighted by molar-refractivity contribution is 6.25. The number of fused-ring (bicyclic) bond motifs is 1. The van der Waals surface area contributed by atoms with Crippen LogP contribution in [0.25, 0.3) is 17.5 Å². The molecule has 2 aromatic heterocycles. The van der Waals surface area contributed by atoms with E-state index >= 15 is 0 Å². The number of imidazole rings is 1. The topological polar surface area (TPSA) is 63.1 Å². The van der Waals surface area contributed by atoms with Crippen LogP contribution < -0.4 is 10.2 Å². The molecule has 3 aromatic rings. The van der Waals surface area contributed by atoms with Crippen LogP contribution in [0, 0.1) is 0 Å². The van der Waals surface area contributed by atoms with E-state index < -0.39 is 0 Å². The van der Waals surface area contributed by atoms with Crippen molar-refractivity contribution in [3.63, 3.8) is 0 Å². The quantitative estimate of drug-likeness (QED) is 0.712. The van der Waals surface area contributed by atoms with Crippen LogP contribution >= 0.6 is 0 Å². The molecule has 3 heterocycles. The molecule has 6 heteroatoms. The summed E-state index contributed by atoms with van der Waals surface area (Å²) in [4.78, 5) is 24.3. The number of rotatable bonds is 3. The minimum Gasteiger partial charge on any atom is -0.368 e. The first-order chi connectivity index (χ1) is 15.1. The van der Waals surface area contributed by atoms with Crippen molar-refractivity contribution in [2.24, 2.45) is 0 Å². The number of aromatic nitrogens is 3. The van der Waals surface area contributed by atoms with E-state index in [0.717, 1.165) is 30.9 Å². The fourth-order valence-corrected chi connectivity index (χ4v) is 4.61. The average molecular weight is 414 g/mol. The van der Waals surface area contributed by atoms with Crippen molar-refractivity contribution < 1.29 is 4.79 Å². The van der Waals surface area contributed by atoms with Gasteiger partial charge in [-0.25, -0.2) is 9.97 Å². The summed E-state index contributed by atoms with van der Waals surface area (Å²) in [5, 5.41) is 3.59. The lowest BCUT2D eigenvalue weighted by Gasteiger charge is -2.38. The zero-order valence-electron chi connectivity index (χ0n) is 18.0. The van der Waals surface area contributed by atoms with E-state index in [0.29, 0.717) is 29.8 Å². The largest absolute Gasteiger partial charge is 0.368 e. The Balaban J connectivity index is 1.46. The van der Waals surface area contributed by atoms with E-state index in [4.69, 9.17) is 0 Å². The molecule has 5 rings (SSSR count). The number of carbonyl (C=O) groups is 1. The number of benzene rings is 1.